The van der Waals surface area contributed by atoms with Crippen LogP contribution >= 0.6 is 0 Å². The zero-order chi connectivity index (χ0) is 13.2. The fraction of sp³-hybridized carbons (Fsp3) is 0.643. The fourth-order valence-corrected chi connectivity index (χ4v) is 3.22. The Hall–Kier alpha value is -1.49. The van der Waals surface area contributed by atoms with Crippen molar-refractivity contribution >= 4 is 5.91 Å². The number of nitrogens with zero attached hydrogens (tertiary/aromatic N) is 3. The first kappa shape index (κ1) is 12.5. The van der Waals surface area contributed by atoms with E-state index in [0.717, 1.165) is 6.42 Å². The minimum absolute atomic E-state index is 0.0428. The molecule has 3 heterocycles. The molecule has 5 nitrogen and oxygen atoms in total. The third-order valence-corrected chi connectivity index (χ3v) is 4.20. The minimum Gasteiger partial charge on any atom is -0.348 e. The normalized spacial score (nSPS) is 27.0. The van der Waals surface area contributed by atoms with Crippen molar-refractivity contribution in [2.24, 2.45) is 0 Å². The molecule has 102 valence electrons. The number of nitrogens with one attached hydrogen (secondary N) is 1. The third-order valence-electron chi connectivity index (χ3n) is 4.20. The molecule has 0 spiro atoms. The summed E-state index contributed by atoms with van der Waals surface area (Å²) in [6, 6.07) is 0.814. The first-order chi connectivity index (χ1) is 9.24. The number of fused-ring (bicyclic) bond motifs is 1. The van der Waals surface area contributed by atoms with Gasteiger partial charge in [-0.2, -0.15) is 0 Å². The molecular formula is C14H20N4O. The van der Waals surface area contributed by atoms with E-state index in [4.69, 9.17) is 0 Å². The molecule has 1 aromatic rings. The average Bonchev–Trinajstić information content (AvgIpc) is 2.89. The molecule has 0 radical (unpaired) electrons. The van der Waals surface area contributed by atoms with Crippen molar-refractivity contribution in [1.29, 1.82) is 0 Å². The van der Waals surface area contributed by atoms with Gasteiger partial charge in [0.2, 0.25) is 0 Å². The summed E-state index contributed by atoms with van der Waals surface area (Å²) in [5.74, 6) is 0.648. The lowest BCUT2D eigenvalue weighted by atomic mass is 9.96. The second-order valence-corrected chi connectivity index (χ2v) is 5.49. The van der Waals surface area contributed by atoms with Gasteiger partial charge in [-0.15, -0.1) is 0 Å². The Bertz CT molecular complexity index is 459. The summed E-state index contributed by atoms with van der Waals surface area (Å²) in [4.78, 5) is 22.9. The quantitative estimate of drug-likeness (QED) is 0.866. The number of piperidine rings is 1. The zero-order valence-electron chi connectivity index (χ0n) is 11.3. The van der Waals surface area contributed by atoms with Crippen LogP contribution in [-0.4, -0.2) is 45.9 Å². The van der Waals surface area contributed by atoms with Gasteiger partial charge >= 0.3 is 0 Å². The van der Waals surface area contributed by atoms with Crippen molar-refractivity contribution in [3.05, 3.63) is 23.8 Å². The molecule has 2 fully saturated rings. The van der Waals surface area contributed by atoms with Crippen molar-refractivity contribution in [1.82, 2.24) is 20.2 Å². The topological polar surface area (TPSA) is 58.1 Å². The first-order valence-corrected chi connectivity index (χ1v) is 7.07. The summed E-state index contributed by atoms with van der Waals surface area (Å²) in [6.45, 7) is 4.19. The van der Waals surface area contributed by atoms with Gasteiger partial charge in [-0.25, -0.2) is 9.97 Å². The number of carbonyl (C=O) groups excluding carboxylic acids is 1. The number of hydrogen-bond donors (Lipinski definition) is 1. The monoisotopic (exact) mass is 260 g/mol. The highest BCUT2D eigenvalue weighted by atomic mass is 16.1. The van der Waals surface area contributed by atoms with Crippen molar-refractivity contribution < 1.29 is 4.79 Å². The van der Waals surface area contributed by atoms with Gasteiger partial charge in [0.15, 0.2) is 0 Å². The van der Waals surface area contributed by atoms with Gasteiger partial charge in [-0.3, -0.25) is 9.69 Å². The highest BCUT2D eigenvalue weighted by molar-refractivity contribution is 5.93. The molecule has 2 atom stereocenters. The molecule has 1 amide bonds. The van der Waals surface area contributed by atoms with E-state index in [9.17, 15) is 4.79 Å². The van der Waals surface area contributed by atoms with E-state index in [1.165, 1.54) is 32.4 Å². The minimum atomic E-state index is -0.0428. The zero-order valence-corrected chi connectivity index (χ0v) is 11.3. The van der Waals surface area contributed by atoms with E-state index >= 15 is 0 Å². The summed E-state index contributed by atoms with van der Waals surface area (Å²) < 4.78 is 0. The van der Waals surface area contributed by atoms with Crippen molar-refractivity contribution in [3.63, 3.8) is 0 Å². The second kappa shape index (κ2) is 5.25. The third kappa shape index (κ3) is 2.61. The summed E-state index contributed by atoms with van der Waals surface area (Å²) in [5.41, 5.74) is 0.556. The molecule has 5 heteroatoms. The van der Waals surface area contributed by atoms with Crippen LogP contribution in [0.15, 0.2) is 12.4 Å². The maximum absolute atomic E-state index is 12.2. The molecule has 0 bridgehead atoms. The van der Waals surface area contributed by atoms with Crippen molar-refractivity contribution in [2.45, 2.75) is 44.7 Å². The molecule has 0 aromatic carbocycles. The molecule has 1 N–H and O–H groups in total. The lowest BCUT2D eigenvalue weighted by molar-refractivity contribution is 0.0867. The number of amides is 1. The maximum Gasteiger partial charge on any atom is 0.254 e. The number of rotatable bonds is 2. The Morgan fingerprint density at radius 3 is 2.68 bits per heavy atom. The highest BCUT2D eigenvalue weighted by Crippen LogP contribution is 2.27. The predicted molar refractivity (Wildman–Crippen MR) is 71.9 cm³/mol. The summed E-state index contributed by atoms with van der Waals surface area (Å²) >= 11 is 0. The molecular weight excluding hydrogens is 240 g/mol. The van der Waals surface area contributed by atoms with Crippen LogP contribution in [0.1, 0.15) is 41.9 Å². The van der Waals surface area contributed by atoms with Crippen LogP contribution in [0.25, 0.3) is 0 Å². The smallest absolute Gasteiger partial charge is 0.254 e. The van der Waals surface area contributed by atoms with Crippen LogP contribution < -0.4 is 5.32 Å². The van der Waals surface area contributed by atoms with Crippen LogP contribution in [0.4, 0.5) is 0 Å². The van der Waals surface area contributed by atoms with Crippen LogP contribution in [0.3, 0.4) is 0 Å². The molecule has 19 heavy (non-hydrogen) atoms. The van der Waals surface area contributed by atoms with E-state index < -0.39 is 0 Å². The van der Waals surface area contributed by atoms with Gasteiger partial charge < -0.3 is 5.32 Å². The fourth-order valence-electron chi connectivity index (χ4n) is 3.22. The van der Waals surface area contributed by atoms with Gasteiger partial charge in [0, 0.05) is 24.5 Å². The lowest BCUT2D eigenvalue weighted by Crippen LogP contribution is -2.52. The maximum atomic E-state index is 12.2. The van der Waals surface area contributed by atoms with Crippen LogP contribution in [0, 0.1) is 6.92 Å². The number of carbonyl (C=O) groups is 1. The lowest BCUT2D eigenvalue weighted by Gasteiger charge is -2.37. The van der Waals surface area contributed by atoms with Crippen LogP contribution in [0.2, 0.25) is 0 Å². The highest BCUT2D eigenvalue weighted by Gasteiger charge is 2.35. The van der Waals surface area contributed by atoms with Crippen LogP contribution in [0.5, 0.6) is 0 Å². The molecule has 2 saturated heterocycles. The van der Waals surface area contributed by atoms with Gasteiger partial charge in [-0.05, 0) is 45.7 Å². The Morgan fingerprint density at radius 2 is 1.95 bits per heavy atom. The number of aryl methyl sites for hydroxylation is 1. The Morgan fingerprint density at radius 1 is 1.26 bits per heavy atom. The van der Waals surface area contributed by atoms with Crippen molar-refractivity contribution in [3.8, 4) is 0 Å². The number of hydrogen-bond acceptors (Lipinski definition) is 4. The number of aromatic nitrogens is 2. The van der Waals surface area contributed by atoms with E-state index in [-0.39, 0.29) is 11.9 Å². The molecule has 2 aliphatic heterocycles. The molecule has 2 aliphatic rings. The molecule has 1 aromatic heterocycles. The second-order valence-electron chi connectivity index (χ2n) is 5.49. The van der Waals surface area contributed by atoms with Gasteiger partial charge in [0.1, 0.15) is 5.82 Å². The summed E-state index contributed by atoms with van der Waals surface area (Å²) in [7, 11) is 0. The molecule has 0 aliphatic carbocycles. The summed E-state index contributed by atoms with van der Waals surface area (Å²) in [5, 5.41) is 3.17. The van der Waals surface area contributed by atoms with Crippen molar-refractivity contribution in [2.75, 3.05) is 13.1 Å². The SMILES string of the molecule is Cc1ncc(C(=O)N[C@H]2CCCN3CCC[C@@H]23)cn1. The molecule has 0 saturated carbocycles. The largest absolute Gasteiger partial charge is 0.348 e. The van der Waals surface area contributed by atoms with E-state index in [0.29, 0.717) is 17.4 Å². The Balaban J connectivity index is 1.67. The molecule has 0 unspecified atom stereocenters. The van der Waals surface area contributed by atoms with E-state index in [1.807, 2.05) is 6.92 Å². The first-order valence-electron chi connectivity index (χ1n) is 7.07. The average molecular weight is 260 g/mol. The Labute approximate surface area is 113 Å². The predicted octanol–water partition coefficient (Wildman–Crippen LogP) is 1.14. The Kier molecular flexibility index (Phi) is 3.46. The molecule has 3 rings (SSSR count). The standard InChI is InChI=1S/C14H20N4O/c1-10-15-8-11(9-16-10)14(19)17-12-4-2-6-18-7-3-5-13(12)18/h8-9,12-13H,2-7H2,1H3,(H,17,19)/t12-,13-/m0/s1. The van der Waals surface area contributed by atoms with Gasteiger partial charge in [0.25, 0.3) is 5.91 Å². The van der Waals surface area contributed by atoms with Gasteiger partial charge in [-0.1, -0.05) is 0 Å². The van der Waals surface area contributed by atoms with Gasteiger partial charge in [0.05, 0.1) is 5.56 Å². The summed E-state index contributed by atoms with van der Waals surface area (Å²) in [6.07, 6.45) is 7.92. The van der Waals surface area contributed by atoms with E-state index in [1.54, 1.807) is 12.4 Å². The van der Waals surface area contributed by atoms with E-state index in [2.05, 4.69) is 20.2 Å². The van der Waals surface area contributed by atoms with Crippen LogP contribution in [-0.2, 0) is 0 Å².